The summed E-state index contributed by atoms with van der Waals surface area (Å²) in [5.41, 5.74) is -0.828. The highest BCUT2D eigenvalue weighted by molar-refractivity contribution is 5.92. The van der Waals surface area contributed by atoms with Crippen LogP contribution in [0, 0.1) is 11.3 Å². The molecular formula is C15H29NO3. The summed E-state index contributed by atoms with van der Waals surface area (Å²) in [7, 11) is 0. The third kappa shape index (κ3) is 7.31. The van der Waals surface area contributed by atoms with Crippen molar-refractivity contribution in [2.75, 3.05) is 6.61 Å². The summed E-state index contributed by atoms with van der Waals surface area (Å²) < 4.78 is 5.41. The van der Waals surface area contributed by atoms with Crippen LogP contribution in [0.15, 0.2) is 0 Å². The Morgan fingerprint density at radius 2 is 1.53 bits per heavy atom. The molecule has 0 saturated carbocycles. The van der Waals surface area contributed by atoms with Crippen molar-refractivity contribution in [2.24, 2.45) is 11.3 Å². The quantitative estimate of drug-likeness (QED) is 0.836. The molecule has 0 spiro atoms. The van der Waals surface area contributed by atoms with Gasteiger partial charge in [-0.2, -0.15) is 0 Å². The Labute approximate surface area is 117 Å². The fourth-order valence-electron chi connectivity index (χ4n) is 1.50. The lowest BCUT2D eigenvalue weighted by Gasteiger charge is -2.28. The van der Waals surface area contributed by atoms with Gasteiger partial charge in [0.25, 0.3) is 0 Å². The van der Waals surface area contributed by atoms with E-state index >= 15 is 0 Å². The molecule has 0 heterocycles. The van der Waals surface area contributed by atoms with Gasteiger partial charge in [0.15, 0.2) is 5.78 Å². The third-order valence-electron chi connectivity index (χ3n) is 2.64. The summed E-state index contributed by atoms with van der Waals surface area (Å²) in [6.07, 6.45) is 0. The van der Waals surface area contributed by atoms with Gasteiger partial charge < -0.3 is 10.1 Å². The van der Waals surface area contributed by atoms with Crippen LogP contribution in [0.25, 0.3) is 0 Å². The van der Waals surface area contributed by atoms with Crippen molar-refractivity contribution in [3.63, 3.8) is 0 Å². The molecule has 0 fully saturated rings. The summed E-state index contributed by atoms with van der Waals surface area (Å²) in [6, 6.07) is -0.462. The Kier molecular flexibility index (Phi) is 6.20. The van der Waals surface area contributed by atoms with Gasteiger partial charge in [0.05, 0.1) is 11.6 Å². The van der Waals surface area contributed by atoms with Crippen LogP contribution in [-0.4, -0.2) is 29.9 Å². The van der Waals surface area contributed by atoms with Crippen molar-refractivity contribution >= 4 is 11.7 Å². The largest absolute Gasteiger partial charge is 0.366 e. The van der Waals surface area contributed by atoms with E-state index in [1.54, 1.807) is 0 Å². The van der Waals surface area contributed by atoms with E-state index < -0.39 is 11.5 Å². The molecule has 0 aromatic rings. The van der Waals surface area contributed by atoms with E-state index in [9.17, 15) is 9.59 Å². The van der Waals surface area contributed by atoms with E-state index in [1.165, 1.54) is 0 Å². The van der Waals surface area contributed by atoms with Crippen molar-refractivity contribution < 1.29 is 14.3 Å². The molecule has 4 heteroatoms. The minimum Gasteiger partial charge on any atom is -0.366 e. The number of rotatable bonds is 5. The lowest BCUT2D eigenvalue weighted by molar-refractivity contribution is -0.137. The van der Waals surface area contributed by atoms with Crippen LogP contribution < -0.4 is 5.32 Å². The van der Waals surface area contributed by atoms with Crippen molar-refractivity contribution in [1.29, 1.82) is 0 Å². The molecule has 0 radical (unpaired) electrons. The number of carbonyl (C=O) groups excluding carboxylic acids is 2. The van der Waals surface area contributed by atoms with E-state index in [4.69, 9.17) is 4.74 Å². The summed E-state index contributed by atoms with van der Waals surface area (Å²) in [6.45, 7) is 15.1. The number of hydrogen-bond donors (Lipinski definition) is 1. The second-order valence-corrected chi connectivity index (χ2v) is 7.30. The summed E-state index contributed by atoms with van der Waals surface area (Å²) in [5, 5.41) is 2.78. The molecule has 0 unspecified atom stereocenters. The fourth-order valence-corrected chi connectivity index (χ4v) is 1.50. The second kappa shape index (κ2) is 6.51. The zero-order valence-electron chi connectivity index (χ0n) is 13.6. The molecule has 0 aromatic heterocycles. The maximum absolute atomic E-state index is 12.3. The fraction of sp³-hybridized carbons (Fsp3) is 0.867. The summed E-state index contributed by atoms with van der Waals surface area (Å²) in [5.74, 6) is -0.136. The molecular weight excluding hydrogens is 242 g/mol. The Morgan fingerprint density at radius 3 is 1.84 bits per heavy atom. The Balaban J connectivity index is 4.61. The van der Waals surface area contributed by atoms with E-state index in [2.05, 4.69) is 5.32 Å². The highest BCUT2D eigenvalue weighted by atomic mass is 16.5. The van der Waals surface area contributed by atoms with Gasteiger partial charge in [0, 0.05) is 5.41 Å². The molecule has 1 amide bonds. The summed E-state index contributed by atoms with van der Waals surface area (Å²) in [4.78, 5) is 24.1. The Morgan fingerprint density at radius 1 is 1.05 bits per heavy atom. The number of carbonyl (C=O) groups is 2. The maximum Gasteiger partial charge on any atom is 0.246 e. The van der Waals surface area contributed by atoms with Gasteiger partial charge in [-0.3, -0.25) is 9.59 Å². The van der Waals surface area contributed by atoms with Crippen molar-refractivity contribution in [3.05, 3.63) is 0 Å². The number of hydrogen-bond acceptors (Lipinski definition) is 3. The molecule has 0 rings (SSSR count). The number of amides is 1. The van der Waals surface area contributed by atoms with E-state index in [0.717, 1.165) is 0 Å². The molecule has 4 nitrogen and oxygen atoms in total. The average molecular weight is 271 g/mol. The van der Waals surface area contributed by atoms with Gasteiger partial charge in [-0.15, -0.1) is 0 Å². The standard InChI is InChI=1S/C15H29NO3/c1-10(2)12(13(18)14(3,4)5)16-11(17)9-19-15(6,7)8/h10,12H,9H2,1-8H3,(H,16,17)/t12-/m0/s1. The molecule has 0 aromatic carbocycles. The minimum absolute atomic E-state index is 0.0237. The molecule has 0 saturated heterocycles. The predicted molar refractivity (Wildman–Crippen MR) is 76.9 cm³/mol. The van der Waals surface area contributed by atoms with Gasteiger partial charge in [0.1, 0.15) is 6.61 Å². The Hall–Kier alpha value is -0.900. The normalized spacial score (nSPS) is 14.4. The van der Waals surface area contributed by atoms with Gasteiger partial charge in [-0.1, -0.05) is 34.6 Å². The van der Waals surface area contributed by atoms with Crippen LogP contribution in [0.3, 0.4) is 0 Å². The average Bonchev–Trinajstić information content (AvgIpc) is 2.19. The van der Waals surface area contributed by atoms with Gasteiger partial charge in [-0.25, -0.2) is 0 Å². The lowest BCUT2D eigenvalue weighted by atomic mass is 9.82. The zero-order valence-corrected chi connectivity index (χ0v) is 13.6. The monoisotopic (exact) mass is 271 g/mol. The lowest BCUT2D eigenvalue weighted by Crippen LogP contribution is -2.50. The highest BCUT2D eigenvalue weighted by Crippen LogP contribution is 2.20. The first kappa shape index (κ1) is 18.1. The van der Waals surface area contributed by atoms with Crippen LogP contribution in [0.2, 0.25) is 0 Å². The molecule has 0 aliphatic carbocycles. The predicted octanol–water partition coefficient (Wildman–Crippen LogP) is 2.56. The SMILES string of the molecule is CC(C)[C@H](NC(=O)COC(C)(C)C)C(=O)C(C)(C)C. The first-order chi connectivity index (χ1) is 8.34. The van der Waals surface area contributed by atoms with Crippen LogP contribution in [0.5, 0.6) is 0 Å². The van der Waals surface area contributed by atoms with Crippen LogP contribution in [0.4, 0.5) is 0 Å². The molecule has 112 valence electrons. The van der Waals surface area contributed by atoms with E-state index in [0.29, 0.717) is 0 Å². The zero-order chi connectivity index (χ0) is 15.4. The number of nitrogens with one attached hydrogen (secondary N) is 1. The van der Waals surface area contributed by atoms with Gasteiger partial charge in [-0.05, 0) is 26.7 Å². The second-order valence-electron chi connectivity index (χ2n) is 7.30. The van der Waals surface area contributed by atoms with Crippen molar-refractivity contribution in [1.82, 2.24) is 5.32 Å². The first-order valence-corrected chi connectivity index (χ1v) is 6.82. The molecule has 1 N–H and O–H groups in total. The summed E-state index contributed by atoms with van der Waals surface area (Å²) >= 11 is 0. The number of ketones is 1. The van der Waals surface area contributed by atoms with E-state index in [1.807, 2.05) is 55.4 Å². The van der Waals surface area contributed by atoms with Crippen molar-refractivity contribution in [2.45, 2.75) is 67.0 Å². The van der Waals surface area contributed by atoms with Gasteiger partial charge in [0.2, 0.25) is 5.91 Å². The van der Waals surface area contributed by atoms with E-state index in [-0.39, 0.29) is 29.8 Å². The first-order valence-electron chi connectivity index (χ1n) is 6.82. The maximum atomic E-state index is 12.3. The van der Waals surface area contributed by atoms with Gasteiger partial charge >= 0.3 is 0 Å². The van der Waals surface area contributed by atoms with Crippen molar-refractivity contribution in [3.8, 4) is 0 Å². The van der Waals surface area contributed by atoms with Crippen LogP contribution in [-0.2, 0) is 14.3 Å². The highest BCUT2D eigenvalue weighted by Gasteiger charge is 2.32. The molecule has 0 aliphatic heterocycles. The molecule has 19 heavy (non-hydrogen) atoms. The number of Topliss-reactive ketones (excluding diaryl/α,β-unsaturated/α-hetero) is 1. The number of ether oxygens (including phenoxy) is 1. The van der Waals surface area contributed by atoms with Crippen LogP contribution >= 0.6 is 0 Å². The third-order valence-corrected chi connectivity index (χ3v) is 2.64. The Bertz CT molecular complexity index is 321. The van der Waals surface area contributed by atoms with Crippen LogP contribution in [0.1, 0.15) is 55.4 Å². The molecule has 0 bridgehead atoms. The topological polar surface area (TPSA) is 55.4 Å². The molecule has 1 atom stereocenters. The molecule has 0 aliphatic rings. The minimum atomic E-state index is -0.465. The smallest absolute Gasteiger partial charge is 0.246 e.